The second-order valence-electron chi connectivity index (χ2n) is 4.59. The number of nitrogens with zero attached hydrogens (tertiary/aromatic N) is 4. The summed E-state index contributed by atoms with van der Waals surface area (Å²) in [5.41, 5.74) is 1.82. The highest BCUT2D eigenvalue weighted by molar-refractivity contribution is 5.88. The van der Waals surface area contributed by atoms with Crippen LogP contribution < -0.4 is 0 Å². The first-order valence-electron chi connectivity index (χ1n) is 6.42. The van der Waals surface area contributed by atoms with E-state index in [0.717, 1.165) is 17.6 Å². The predicted molar refractivity (Wildman–Crippen MR) is 75.6 cm³/mol. The van der Waals surface area contributed by atoms with Crippen LogP contribution in [0.15, 0.2) is 43.0 Å². The lowest BCUT2D eigenvalue weighted by Crippen LogP contribution is -2.06. The fraction of sp³-hybridized carbons (Fsp3) is 0.214. The monoisotopic (exact) mass is 270 g/mol. The number of nitro groups is 1. The lowest BCUT2D eigenvalue weighted by Gasteiger charge is -2.08. The number of aromatic nitrogens is 3. The summed E-state index contributed by atoms with van der Waals surface area (Å²) in [5.74, 6) is 0. The van der Waals surface area contributed by atoms with Gasteiger partial charge in [0.05, 0.1) is 23.5 Å². The Kier molecular flexibility index (Phi) is 2.98. The molecule has 0 radical (unpaired) electrons. The molecule has 0 unspecified atom stereocenters. The molecule has 102 valence electrons. The van der Waals surface area contributed by atoms with Crippen LogP contribution in [0.4, 0.5) is 5.69 Å². The zero-order valence-corrected chi connectivity index (χ0v) is 11.1. The third kappa shape index (κ3) is 1.95. The van der Waals surface area contributed by atoms with Crippen LogP contribution >= 0.6 is 0 Å². The predicted octanol–water partition coefficient (Wildman–Crippen LogP) is 2.81. The number of fused-ring (bicyclic) bond motifs is 1. The van der Waals surface area contributed by atoms with Gasteiger partial charge in [0.2, 0.25) is 0 Å². The smallest absolute Gasteiger partial charge is 0.293 e. The Morgan fingerprint density at radius 2 is 2.15 bits per heavy atom. The minimum atomic E-state index is -0.337. The van der Waals surface area contributed by atoms with E-state index in [1.54, 1.807) is 18.6 Å². The minimum Gasteiger partial charge on any atom is -0.336 e. The van der Waals surface area contributed by atoms with Crippen molar-refractivity contribution in [2.45, 2.75) is 20.0 Å². The van der Waals surface area contributed by atoms with Gasteiger partial charge in [-0.2, -0.15) is 0 Å². The molecule has 0 saturated heterocycles. The van der Waals surface area contributed by atoms with E-state index in [0.29, 0.717) is 12.1 Å². The summed E-state index contributed by atoms with van der Waals surface area (Å²) in [4.78, 5) is 15.0. The number of para-hydroxylation sites is 1. The van der Waals surface area contributed by atoms with Crippen molar-refractivity contribution in [1.82, 2.24) is 14.1 Å². The van der Waals surface area contributed by atoms with Crippen molar-refractivity contribution in [1.29, 1.82) is 0 Å². The van der Waals surface area contributed by atoms with Gasteiger partial charge in [0, 0.05) is 30.4 Å². The number of rotatable bonds is 4. The maximum atomic E-state index is 11.2. The van der Waals surface area contributed by atoms with E-state index < -0.39 is 0 Å². The Morgan fingerprint density at radius 1 is 1.30 bits per heavy atom. The molecule has 0 aliphatic carbocycles. The van der Waals surface area contributed by atoms with Gasteiger partial charge in [0.25, 0.3) is 5.69 Å². The summed E-state index contributed by atoms with van der Waals surface area (Å²) >= 11 is 0. The van der Waals surface area contributed by atoms with Crippen LogP contribution in [0.25, 0.3) is 10.9 Å². The lowest BCUT2D eigenvalue weighted by atomic mass is 10.2. The van der Waals surface area contributed by atoms with E-state index in [2.05, 4.69) is 4.98 Å². The molecular formula is C14H14N4O2. The molecular weight excluding hydrogens is 256 g/mol. The van der Waals surface area contributed by atoms with Gasteiger partial charge in [-0.25, -0.2) is 4.98 Å². The number of non-ortho nitro benzene ring substituents is 1. The van der Waals surface area contributed by atoms with Crippen molar-refractivity contribution >= 4 is 16.6 Å². The van der Waals surface area contributed by atoms with Crippen LogP contribution in [0, 0.1) is 10.1 Å². The van der Waals surface area contributed by atoms with Crippen LogP contribution in [-0.4, -0.2) is 19.0 Å². The van der Waals surface area contributed by atoms with Gasteiger partial charge in [0.15, 0.2) is 0 Å². The Balaban J connectivity index is 2.10. The van der Waals surface area contributed by atoms with Gasteiger partial charge in [-0.1, -0.05) is 12.1 Å². The average molecular weight is 270 g/mol. The number of benzene rings is 1. The van der Waals surface area contributed by atoms with Crippen molar-refractivity contribution in [3.63, 3.8) is 0 Å². The molecule has 0 aliphatic heterocycles. The number of hydrogen-bond acceptors (Lipinski definition) is 3. The SMILES string of the molecule is CCn1cncc1Cn1ccc2cccc([N+](=O)[O-])c21. The first-order chi connectivity index (χ1) is 9.70. The number of nitro benzene ring substituents is 1. The Bertz CT molecular complexity index is 772. The quantitative estimate of drug-likeness (QED) is 0.541. The van der Waals surface area contributed by atoms with E-state index in [9.17, 15) is 10.1 Å². The zero-order chi connectivity index (χ0) is 14.1. The molecule has 0 atom stereocenters. The normalized spacial score (nSPS) is 11.1. The molecule has 0 bridgehead atoms. The molecule has 6 nitrogen and oxygen atoms in total. The first-order valence-corrected chi connectivity index (χ1v) is 6.42. The topological polar surface area (TPSA) is 65.9 Å². The van der Waals surface area contributed by atoms with Gasteiger partial charge < -0.3 is 9.13 Å². The number of imidazole rings is 1. The highest BCUT2D eigenvalue weighted by atomic mass is 16.6. The van der Waals surface area contributed by atoms with Crippen LogP contribution in [0.1, 0.15) is 12.6 Å². The molecule has 0 saturated carbocycles. The number of aryl methyl sites for hydroxylation is 1. The molecule has 20 heavy (non-hydrogen) atoms. The van der Waals surface area contributed by atoms with E-state index in [1.165, 1.54) is 6.07 Å². The number of hydrogen-bond donors (Lipinski definition) is 0. The summed E-state index contributed by atoms with van der Waals surface area (Å²) in [7, 11) is 0. The first kappa shape index (κ1) is 12.4. The molecule has 0 spiro atoms. The lowest BCUT2D eigenvalue weighted by molar-refractivity contribution is -0.383. The highest BCUT2D eigenvalue weighted by Crippen LogP contribution is 2.27. The van der Waals surface area contributed by atoms with Crippen molar-refractivity contribution in [2.75, 3.05) is 0 Å². The van der Waals surface area contributed by atoms with E-state index >= 15 is 0 Å². The summed E-state index contributed by atoms with van der Waals surface area (Å²) < 4.78 is 3.93. The Labute approximate surface area is 115 Å². The Morgan fingerprint density at radius 3 is 2.90 bits per heavy atom. The average Bonchev–Trinajstić information content (AvgIpc) is 3.06. The molecule has 2 heterocycles. The molecule has 0 N–H and O–H groups in total. The fourth-order valence-corrected chi connectivity index (χ4v) is 2.46. The van der Waals surface area contributed by atoms with Gasteiger partial charge in [-0.3, -0.25) is 10.1 Å². The van der Waals surface area contributed by atoms with Gasteiger partial charge in [-0.05, 0) is 13.0 Å². The van der Waals surface area contributed by atoms with Crippen LogP contribution in [-0.2, 0) is 13.1 Å². The summed E-state index contributed by atoms with van der Waals surface area (Å²) in [6.07, 6.45) is 5.45. The van der Waals surface area contributed by atoms with E-state index in [-0.39, 0.29) is 10.6 Å². The van der Waals surface area contributed by atoms with Crippen molar-refractivity contribution in [3.8, 4) is 0 Å². The van der Waals surface area contributed by atoms with Crippen LogP contribution in [0.5, 0.6) is 0 Å². The molecule has 0 aliphatic rings. The van der Waals surface area contributed by atoms with Crippen molar-refractivity contribution < 1.29 is 4.92 Å². The maximum Gasteiger partial charge on any atom is 0.293 e. The molecule has 2 aromatic heterocycles. The second kappa shape index (κ2) is 4.80. The Hall–Kier alpha value is -2.63. The van der Waals surface area contributed by atoms with E-state index in [1.807, 2.05) is 34.4 Å². The molecule has 3 aromatic rings. The molecule has 1 aromatic carbocycles. The van der Waals surface area contributed by atoms with Gasteiger partial charge in [0.1, 0.15) is 5.52 Å². The van der Waals surface area contributed by atoms with Crippen LogP contribution in [0.3, 0.4) is 0 Å². The molecule has 3 rings (SSSR count). The third-order valence-corrected chi connectivity index (χ3v) is 3.44. The standard InChI is InChI=1S/C14H14N4O2/c1-2-16-10-15-8-12(16)9-17-7-6-11-4-3-5-13(14(11)17)18(19)20/h3-8,10H,2,9H2,1H3. The molecule has 0 fully saturated rings. The zero-order valence-electron chi connectivity index (χ0n) is 11.1. The minimum absolute atomic E-state index is 0.134. The van der Waals surface area contributed by atoms with Crippen molar-refractivity contribution in [3.05, 3.63) is 58.8 Å². The summed E-state index contributed by atoms with van der Waals surface area (Å²) in [6, 6.07) is 7.03. The highest BCUT2D eigenvalue weighted by Gasteiger charge is 2.16. The third-order valence-electron chi connectivity index (χ3n) is 3.44. The molecule has 0 amide bonds. The fourth-order valence-electron chi connectivity index (χ4n) is 2.46. The summed E-state index contributed by atoms with van der Waals surface area (Å²) in [5, 5.41) is 12.0. The van der Waals surface area contributed by atoms with Gasteiger partial charge >= 0.3 is 0 Å². The van der Waals surface area contributed by atoms with Crippen LogP contribution in [0.2, 0.25) is 0 Å². The maximum absolute atomic E-state index is 11.2. The van der Waals surface area contributed by atoms with Crippen molar-refractivity contribution in [2.24, 2.45) is 0 Å². The van der Waals surface area contributed by atoms with E-state index in [4.69, 9.17) is 0 Å². The largest absolute Gasteiger partial charge is 0.336 e. The summed E-state index contributed by atoms with van der Waals surface area (Å²) in [6.45, 7) is 3.44. The van der Waals surface area contributed by atoms with Gasteiger partial charge in [-0.15, -0.1) is 0 Å². The molecule has 6 heteroatoms. The second-order valence-corrected chi connectivity index (χ2v) is 4.59.